The van der Waals surface area contributed by atoms with Crippen LogP contribution in [0.25, 0.3) is 0 Å². The van der Waals surface area contributed by atoms with Gasteiger partial charge in [0.15, 0.2) is 0 Å². The molecule has 2 rings (SSSR count). The van der Waals surface area contributed by atoms with Gasteiger partial charge < -0.3 is 15.5 Å². The van der Waals surface area contributed by atoms with Crippen molar-refractivity contribution in [2.75, 3.05) is 0 Å². The van der Waals surface area contributed by atoms with Crippen molar-refractivity contribution >= 4 is 11.9 Å². The smallest absolute Gasteiger partial charge is 0.335 e. The van der Waals surface area contributed by atoms with Crippen molar-refractivity contribution < 1.29 is 19.8 Å². The fourth-order valence-electron chi connectivity index (χ4n) is 2.63. The number of amides is 1. The number of hydrogen-bond acceptors (Lipinski definition) is 4. The molecule has 0 aliphatic heterocycles. The number of aromatic carboxylic acids is 1. The summed E-state index contributed by atoms with van der Waals surface area (Å²) in [6.07, 6.45) is 2.01. The van der Waals surface area contributed by atoms with Crippen LogP contribution in [0.15, 0.2) is 42.6 Å². The number of carboxylic acid groups (broad SMARTS) is 1. The Balaban J connectivity index is 1.93. The summed E-state index contributed by atoms with van der Waals surface area (Å²) >= 11 is 0. The molecule has 0 spiro atoms. The minimum atomic E-state index is -0.996. The van der Waals surface area contributed by atoms with E-state index in [2.05, 4.69) is 10.3 Å². The van der Waals surface area contributed by atoms with Crippen LogP contribution in [-0.4, -0.2) is 27.1 Å². The number of aromatic nitrogens is 1. The molecular formula is C19H22N2O4. The Hall–Kier alpha value is -2.89. The Bertz CT molecular complexity index is 761. The van der Waals surface area contributed by atoms with Gasteiger partial charge in [-0.2, -0.15) is 0 Å². The van der Waals surface area contributed by atoms with Crippen molar-refractivity contribution in [2.45, 2.75) is 32.7 Å². The summed E-state index contributed by atoms with van der Waals surface area (Å²) < 4.78 is 0. The first kappa shape index (κ1) is 18.4. The summed E-state index contributed by atoms with van der Waals surface area (Å²) in [7, 11) is 0. The van der Waals surface area contributed by atoms with Crippen LogP contribution < -0.4 is 5.32 Å². The van der Waals surface area contributed by atoms with Gasteiger partial charge in [0.1, 0.15) is 5.75 Å². The minimum Gasteiger partial charge on any atom is -0.508 e. The third-order valence-corrected chi connectivity index (χ3v) is 4.13. The lowest BCUT2D eigenvalue weighted by Gasteiger charge is -2.17. The summed E-state index contributed by atoms with van der Waals surface area (Å²) in [5, 5.41) is 21.6. The SMILES string of the molecule is CC(C[C@@H](C)C(=O)NCc1ccccc1O)c1cc(C(=O)O)ccn1. The molecular weight excluding hydrogens is 320 g/mol. The van der Waals surface area contributed by atoms with E-state index in [-0.39, 0.29) is 35.6 Å². The van der Waals surface area contributed by atoms with E-state index in [1.54, 1.807) is 30.3 Å². The quantitative estimate of drug-likeness (QED) is 0.718. The Morgan fingerprint density at radius 2 is 1.92 bits per heavy atom. The number of carbonyl (C=O) groups excluding carboxylic acids is 1. The Morgan fingerprint density at radius 1 is 1.20 bits per heavy atom. The zero-order valence-corrected chi connectivity index (χ0v) is 14.3. The normalized spacial score (nSPS) is 13.0. The molecule has 0 bridgehead atoms. The molecule has 0 saturated carbocycles. The van der Waals surface area contributed by atoms with E-state index in [1.165, 1.54) is 12.3 Å². The first-order chi connectivity index (χ1) is 11.9. The minimum absolute atomic E-state index is 0.0508. The average molecular weight is 342 g/mol. The predicted molar refractivity (Wildman–Crippen MR) is 93.3 cm³/mol. The fraction of sp³-hybridized carbons (Fsp3) is 0.316. The molecule has 1 aromatic heterocycles. The highest BCUT2D eigenvalue weighted by Gasteiger charge is 2.19. The standard InChI is InChI=1S/C19H22N2O4/c1-12(16-10-14(19(24)25)7-8-20-16)9-13(2)18(23)21-11-15-5-3-4-6-17(15)22/h3-8,10,12-13,22H,9,11H2,1-2H3,(H,21,23)(H,24,25)/t12?,13-/m1/s1. The first-order valence-electron chi connectivity index (χ1n) is 8.12. The maximum absolute atomic E-state index is 12.3. The second-order valence-electron chi connectivity index (χ2n) is 6.16. The van der Waals surface area contributed by atoms with Crippen molar-refractivity contribution in [1.82, 2.24) is 10.3 Å². The number of phenols is 1. The molecule has 1 unspecified atom stereocenters. The molecule has 3 N–H and O–H groups in total. The highest BCUT2D eigenvalue weighted by Crippen LogP contribution is 2.23. The third-order valence-electron chi connectivity index (χ3n) is 4.13. The number of nitrogens with zero attached hydrogens (tertiary/aromatic N) is 1. The molecule has 1 aromatic carbocycles. The number of benzene rings is 1. The van der Waals surface area contributed by atoms with Crippen molar-refractivity contribution in [3.63, 3.8) is 0 Å². The van der Waals surface area contributed by atoms with E-state index in [1.807, 2.05) is 13.8 Å². The molecule has 25 heavy (non-hydrogen) atoms. The number of carboxylic acids is 1. The number of phenolic OH excluding ortho intramolecular Hbond substituents is 1. The highest BCUT2D eigenvalue weighted by molar-refractivity contribution is 5.87. The van der Waals surface area contributed by atoms with E-state index in [4.69, 9.17) is 5.11 Å². The molecule has 6 heteroatoms. The molecule has 0 saturated heterocycles. The summed E-state index contributed by atoms with van der Waals surface area (Å²) in [5.74, 6) is -1.28. The summed E-state index contributed by atoms with van der Waals surface area (Å²) in [6, 6.07) is 9.84. The van der Waals surface area contributed by atoms with E-state index < -0.39 is 5.97 Å². The van der Waals surface area contributed by atoms with Gasteiger partial charge in [0.05, 0.1) is 5.56 Å². The molecule has 2 aromatic rings. The number of hydrogen-bond donors (Lipinski definition) is 3. The van der Waals surface area contributed by atoms with Crippen LogP contribution in [0.2, 0.25) is 0 Å². The summed E-state index contributed by atoms with van der Waals surface area (Å²) in [4.78, 5) is 27.5. The molecule has 0 aliphatic rings. The number of carbonyl (C=O) groups is 2. The molecule has 0 aliphatic carbocycles. The number of pyridine rings is 1. The number of nitrogens with one attached hydrogen (secondary N) is 1. The van der Waals surface area contributed by atoms with Crippen LogP contribution in [0.3, 0.4) is 0 Å². The van der Waals surface area contributed by atoms with Gasteiger partial charge in [-0.25, -0.2) is 4.79 Å². The van der Waals surface area contributed by atoms with Crippen LogP contribution >= 0.6 is 0 Å². The second-order valence-corrected chi connectivity index (χ2v) is 6.16. The maximum Gasteiger partial charge on any atom is 0.335 e. The van der Waals surface area contributed by atoms with Crippen molar-refractivity contribution in [3.05, 3.63) is 59.4 Å². The number of para-hydroxylation sites is 1. The van der Waals surface area contributed by atoms with Crippen LogP contribution in [0.1, 0.15) is 47.8 Å². The van der Waals surface area contributed by atoms with Gasteiger partial charge in [-0.1, -0.05) is 32.0 Å². The Morgan fingerprint density at radius 3 is 2.60 bits per heavy atom. The van der Waals surface area contributed by atoms with Gasteiger partial charge in [0.25, 0.3) is 0 Å². The summed E-state index contributed by atoms with van der Waals surface area (Å²) in [5.41, 5.74) is 1.50. The third kappa shape index (κ3) is 5.04. The van der Waals surface area contributed by atoms with Crippen LogP contribution in [-0.2, 0) is 11.3 Å². The zero-order chi connectivity index (χ0) is 18.4. The van der Waals surface area contributed by atoms with Crippen LogP contribution in [0, 0.1) is 5.92 Å². The highest BCUT2D eigenvalue weighted by atomic mass is 16.4. The molecule has 132 valence electrons. The molecule has 2 atom stereocenters. The Kier molecular flexibility index (Phi) is 6.11. The molecule has 6 nitrogen and oxygen atoms in total. The second kappa shape index (κ2) is 8.28. The van der Waals surface area contributed by atoms with Gasteiger partial charge >= 0.3 is 5.97 Å². The summed E-state index contributed by atoms with van der Waals surface area (Å²) in [6.45, 7) is 4.00. The molecule has 0 radical (unpaired) electrons. The van der Waals surface area contributed by atoms with Crippen LogP contribution in [0.4, 0.5) is 0 Å². The zero-order valence-electron chi connectivity index (χ0n) is 14.3. The number of rotatable bonds is 7. The molecule has 0 fully saturated rings. The maximum atomic E-state index is 12.3. The van der Waals surface area contributed by atoms with Crippen molar-refractivity contribution in [2.24, 2.45) is 5.92 Å². The van der Waals surface area contributed by atoms with E-state index >= 15 is 0 Å². The first-order valence-corrected chi connectivity index (χ1v) is 8.12. The van der Waals surface area contributed by atoms with Gasteiger partial charge in [-0.05, 0) is 30.5 Å². The van der Waals surface area contributed by atoms with Gasteiger partial charge in [0, 0.05) is 29.9 Å². The van der Waals surface area contributed by atoms with Gasteiger partial charge in [0.2, 0.25) is 5.91 Å². The van der Waals surface area contributed by atoms with E-state index in [0.717, 1.165) is 0 Å². The topological polar surface area (TPSA) is 99.5 Å². The van der Waals surface area contributed by atoms with Crippen molar-refractivity contribution in [1.29, 1.82) is 0 Å². The van der Waals surface area contributed by atoms with Gasteiger partial charge in [-0.15, -0.1) is 0 Å². The number of aromatic hydroxyl groups is 1. The van der Waals surface area contributed by atoms with E-state index in [9.17, 15) is 14.7 Å². The monoisotopic (exact) mass is 342 g/mol. The lowest BCUT2D eigenvalue weighted by Crippen LogP contribution is -2.29. The Labute approximate surface area is 146 Å². The lowest BCUT2D eigenvalue weighted by atomic mass is 9.93. The largest absolute Gasteiger partial charge is 0.508 e. The molecule has 1 heterocycles. The molecule has 1 amide bonds. The average Bonchev–Trinajstić information content (AvgIpc) is 2.60. The lowest BCUT2D eigenvalue weighted by molar-refractivity contribution is -0.125. The predicted octanol–water partition coefficient (Wildman–Crippen LogP) is 2.93. The van der Waals surface area contributed by atoms with Crippen molar-refractivity contribution in [3.8, 4) is 5.75 Å². The van der Waals surface area contributed by atoms with E-state index in [0.29, 0.717) is 17.7 Å². The fourth-order valence-corrected chi connectivity index (χ4v) is 2.63. The van der Waals surface area contributed by atoms with Crippen LogP contribution in [0.5, 0.6) is 5.75 Å². The van der Waals surface area contributed by atoms with Gasteiger partial charge in [-0.3, -0.25) is 9.78 Å².